The Morgan fingerprint density at radius 2 is 2.03 bits per heavy atom. The molecule has 1 unspecified atom stereocenters. The minimum Gasteiger partial charge on any atom is -0.369 e. The number of primary amides is 1. The average Bonchev–Trinajstić information content (AvgIpc) is 3.30. The molecule has 1 saturated heterocycles. The number of benzene rings is 1. The number of carbonyl (C=O) groups excluding carboxylic acids is 3. The predicted octanol–water partition coefficient (Wildman–Crippen LogP) is 2.34. The van der Waals surface area contributed by atoms with Crippen LogP contribution in [0.5, 0.6) is 0 Å². The van der Waals surface area contributed by atoms with E-state index in [9.17, 15) is 14.4 Å². The van der Waals surface area contributed by atoms with Crippen molar-refractivity contribution in [2.24, 2.45) is 11.7 Å². The van der Waals surface area contributed by atoms with Gasteiger partial charge in [-0.3, -0.25) is 14.4 Å². The first-order valence-electron chi connectivity index (χ1n) is 10.2. The highest BCUT2D eigenvalue weighted by Gasteiger charge is 2.24. The summed E-state index contributed by atoms with van der Waals surface area (Å²) in [5, 5.41) is 4.80. The van der Waals surface area contributed by atoms with E-state index in [2.05, 4.69) is 10.2 Å². The lowest BCUT2D eigenvalue weighted by Gasteiger charge is -2.31. The second kappa shape index (κ2) is 10.4. The summed E-state index contributed by atoms with van der Waals surface area (Å²) < 4.78 is 0. The number of nitrogens with one attached hydrogen (secondary N) is 1. The number of hydrogen-bond acceptors (Lipinski definition) is 5. The number of nitrogens with zero attached hydrogens (tertiary/aromatic N) is 2. The van der Waals surface area contributed by atoms with E-state index >= 15 is 0 Å². The van der Waals surface area contributed by atoms with Crippen LogP contribution in [0.25, 0.3) is 0 Å². The molecule has 1 atom stereocenters. The maximum Gasteiger partial charge on any atom is 0.268 e. The molecule has 30 heavy (non-hydrogen) atoms. The molecule has 3 amide bonds. The number of likely N-dealkylation sites (tertiary alicyclic amines) is 1. The minimum atomic E-state index is -0.231. The average molecular weight is 429 g/mol. The van der Waals surface area contributed by atoms with Gasteiger partial charge in [0.15, 0.2) is 0 Å². The number of rotatable bonds is 8. The third-order valence-corrected chi connectivity index (χ3v) is 6.25. The Kier molecular flexibility index (Phi) is 7.59. The van der Waals surface area contributed by atoms with E-state index in [4.69, 9.17) is 5.73 Å². The zero-order valence-electron chi connectivity index (χ0n) is 17.2. The first kappa shape index (κ1) is 22.0. The van der Waals surface area contributed by atoms with Crippen molar-refractivity contribution >= 4 is 34.7 Å². The lowest BCUT2D eigenvalue weighted by molar-refractivity contribution is -0.123. The first-order chi connectivity index (χ1) is 14.5. The van der Waals surface area contributed by atoms with Crippen molar-refractivity contribution in [3.05, 3.63) is 52.2 Å². The van der Waals surface area contributed by atoms with Gasteiger partial charge in [-0.05, 0) is 55.9 Å². The highest BCUT2D eigenvalue weighted by Crippen LogP contribution is 2.22. The molecule has 7 nitrogen and oxygen atoms in total. The molecule has 1 aliphatic rings. The highest BCUT2D eigenvalue weighted by molar-refractivity contribution is 7.12. The molecule has 1 fully saturated rings. The number of nitrogens with two attached hydrogens (primary N) is 1. The van der Waals surface area contributed by atoms with Gasteiger partial charge >= 0.3 is 0 Å². The summed E-state index contributed by atoms with van der Waals surface area (Å²) in [6.45, 7) is 2.98. The summed E-state index contributed by atoms with van der Waals surface area (Å²) in [7, 11) is 1.68. The van der Waals surface area contributed by atoms with Crippen molar-refractivity contribution in [2.45, 2.75) is 19.3 Å². The van der Waals surface area contributed by atoms with Gasteiger partial charge in [0.2, 0.25) is 5.91 Å². The molecule has 0 radical (unpaired) electrons. The van der Waals surface area contributed by atoms with Crippen LogP contribution in [0.4, 0.5) is 5.69 Å². The van der Waals surface area contributed by atoms with E-state index in [0.29, 0.717) is 29.2 Å². The Hall–Kier alpha value is -2.71. The van der Waals surface area contributed by atoms with Gasteiger partial charge in [-0.15, -0.1) is 11.3 Å². The van der Waals surface area contributed by atoms with Crippen LogP contribution in [-0.4, -0.2) is 55.8 Å². The molecule has 0 spiro atoms. The number of piperidine rings is 1. The molecule has 0 bridgehead atoms. The Morgan fingerprint density at radius 3 is 2.77 bits per heavy atom. The SMILES string of the molecule is CN(C(=O)c1cccs1)c1ccccc1C(=O)NCCCN1CCCC(C(N)=O)C1. The van der Waals surface area contributed by atoms with E-state index in [1.54, 1.807) is 31.3 Å². The van der Waals surface area contributed by atoms with Gasteiger partial charge in [-0.1, -0.05) is 18.2 Å². The molecule has 2 heterocycles. The van der Waals surface area contributed by atoms with Crippen LogP contribution in [0, 0.1) is 5.92 Å². The Bertz CT molecular complexity index is 884. The molecule has 1 aliphatic heterocycles. The standard InChI is InChI=1S/C22H28N4O3S/c1-25(22(29)19-10-5-14-30-19)18-9-3-2-8-17(18)21(28)24-11-6-13-26-12-4-7-16(15-26)20(23)27/h2-3,5,8-10,14,16H,4,6-7,11-13,15H2,1H3,(H2,23,27)(H,24,28). The molecule has 0 aliphatic carbocycles. The number of anilines is 1. The number of para-hydroxylation sites is 1. The lowest BCUT2D eigenvalue weighted by atomic mass is 9.97. The van der Waals surface area contributed by atoms with Gasteiger partial charge in [-0.2, -0.15) is 0 Å². The van der Waals surface area contributed by atoms with Crippen LogP contribution >= 0.6 is 11.3 Å². The molecule has 2 aromatic rings. The van der Waals surface area contributed by atoms with Crippen molar-refractivity contribution in [3.8, 4) is 0 Å². The summed E-state index contributed by atoms with van der Waals surface area (Å²) in [5.41, 5.74) is 6.48. The second-order valence-electron chi connectivity index (χ2n) is 7.51. The fourth-order valence-corrected chi connectivity index (χ4v) is 4.42. The summed E-state index contributed by atoms with van der Waals surface area (Å²) in [6, 6.07) is 10.7. The molecule has 1 aromatic heterocycles. The van der Waals surface area contributed by atoms with Crippen molar-refractivity contribution in [2.75, 3.05) is 38.1 Å². The Morgan fingerprint density at radius 1 is 1.23 bits per heavy atom. The zero-order chi connectivity index (χ0) is 21.5. The zero-order valence-corrected chi connectivity index (χ0v) is 18.0. The fourth-order valence-electron chi connectivity index (χ4n) is 3.72. The van der Waals surface area contributed by atoms with E-state index < -0.39 is 0 Å². The van der Waals surface area contributed by atoms with Crippen LogP contribution in [0.1, 0.15) is 39.3 Å². The van der Waals surface area contributed by atoms with E-state index in [-0.39, 0.29) is 23.6 Å². The van der Waals surface area contributed by atoms with Gasteiger partial charge < -0.3 is 20.9 Å². The Balaban J connectivity index is 1.53. The third-order valence-electron chi connectivity index (χ3n) is 5.39. The predicted molar refractivity (Wildman–Crippen MR) is 119 cm³/mol. The van der Waals surface area contributed by atoms with E-state index in [1.165, 1.54) is 16.2 Å². The normalized spacial score (nSPS) is 16.8. The molecule has 3 N–H and O–H groups in total. The van der Waals surface area contributed by atoms with Crippen LogP contribution in [0.15, 0.2) is 41.8 Å². The molecule has 0 saturated carbocycles. The van der Waals surface area contributed by atoms with Crippen molar-refractivity contribution in [1.82, 2.24) is 10.2 Å². The molecular formula is C22H28N4O3S. The van der Waals surface area contributed by atoms with Crippen LogP contribution in [-0.2, 0) is 4.79 Å². The minimum absolute atomic E-state index is 0.0726. The fraction of sp³-hybridized carbons (Fsp3) is 0.409. The molecule has 8 heteroatoms. The quantitative estimate of drug-likeness (QED) is 0.631. The van der Waals surface area contributed by atoms with E-state index in [1.807, 2.05) is 17.5 Å². The summed E-state index contributed by atoms with van der Waals surface area (Å²) >= 11 is 1.38. The van der Waals surface area contributed by atoms with Gasteiger partial charge in [0.1, 0.15) is 0 Å². The smallest absolute Gasteiger partial charge is 0.268 e. The maximum atomic E-state index is 12.8. The van der Waals surface area contributed by atoms with Gasteiger partial charge in [0.05, 0.1) is 22.0 Å². The summed E-state index contributed by atoms with van der Waals surface area (Å²) in [4.78, 5) is 41.2. The molecular weight excluding hydrogens is 400 g/mol. The van der Waals surface area contributed by atoms with Crippen molar-refractivity contribution in [1.29, 1.82) is 0 Å². The third kappa shape index (κ3) is 5.46. The second-order valence-corrected chi connectivity index (χ2v) is 8.46. The summed E-state index contributed by atoms with van der Waals surface area (Å²) in [6.07, 6.45) is 2.61. The molecule has 160 valence electrons. The van der Waals surface area contributed by atoms with Crippen LogP contribution < -0.4 is 16.0 Å². The van der Waals surface area contributed by atoms with Crippen LogP contribution in [0.2, 0.25) is 0 Å². The maximum absolute atomic E-state index is 12.8. The number of hydrogen-bond donors (Lipinski definition) is 2. The van der Waals surface area contributed by atoms with Crippen molar-refractivity contribution < 1.29 is 14.4 Å². The number of carbonyl (C=O) groups is 3. The van der Waals surface area contributed by atoms with Gasteiger partial charge in [0.25, 0.3) is 11.8 Å². The van der Waals surface area contributed by atoms with Crippen LogP contribution in [0.3, 0.4) is 0 Å². The topological polar surface area (TPSA) is 95.7 Å². The number of thiophene rings is 1. The highest BCUT2D eigenvalue weighted by atomic mass is 32.1. The van der Waals surface area contributed by atoms with Gasteiger partial charge in [0, 0.05) is 20.1 Å². The lowest BCUT2D eigenvalue weighted by Crippen LogP contribution is -2.42. The van der Waals surface area contributed by atoms with E-state index in [0.717, 1.165) is 32.4 Å². The largest absolute Gasteiger partial charge is 0.369 e. The van der Waals surface area contributed by atoms with Gasteiger partial charge in [-0.25, -0.2) is 0 Å². The summed E-state index contributed by atoms with van der Waals surface area (Å²) in [5.74, 6) is -0.646. The molecule has 3 rings (SSSR count). The van der Waals surface area contributed by atoms with Crippen molar-refractivity contribution in [3.63, 3.8) is 0 Å². The number of amides is 3. The monoisotopic (exact) mass is 428 g/mol. The first-order valence-corrected chi connectivity index (χ1v) is 11.1. The Labute approximate surface area is 180 Å². The molecule has 1 aromatic carbocycles.